The fourth-order valence-electron chi connectivity index (χ4n) is 0.538. The van der Waals surface area contributed by atoms with Crippen molar-refractivity contribution >= 4 is 5.78 Å². The first-order valence-electron chi connectivity index (χ1n) is 2.98. The molecule has 0 aromatic heterocycles. The van der Waals surface area contributed by atoms with Crippen LogP contribution in [0.1, 0.15) is 26.2 Å². The van der Waals surface area contributed by atoms with Gasteiger partial charge in [0.2, 0.25) is 0 Å². The molecule has 0 aromatic rings. The Morgan fingerprint density at radius 2 is 1.90 bits per heavy atom. The monoisotopic (exact) mass is 154 g/mol. The molecular formula is C6H9F3O. The molecule has 0 spiro atoms. The molecule has 10 heavy (non-hydrogen) atoms. The Labute approximate surface area is 57.2 Å². The molecule has 1 nitrogen and oxygen atoms in total. The van der Waals surface area contributed by atoms with Crippen LogP contribution in [0.4, 0.5) is 13.2 Å². The lowest BCUT2D eigenvalue weighted by molar-refractivity contribution is -0.136. The molecule has 0 amide bonds. The summed E-state index contributed by atoms with van der Waals surface area (Å²) in [6.07, 6.45) is -5.03. The van der Waals surface area contributed by atoms with Crippen LogP contribution in [0.5, 0.6) is 0 Å². The minimum Gasteiger partial charge on any atom is -0.300 e. The van der Waals surface area contributed by atoms with Crippen LogP contribution < -0.4 is 0 Å². The Kier molecular flexibility index (Phi) is 3.39. The van der Waals surface area contributed by atoms with E-state index < -0.39 is 12.6 Å². The minimum absolute atomic E-state index is 0.0273. The van der Waals surface area contributed by atoms with E-state index in [0.717, 1.165) is 0 Å². The third-order valence-corrected chi connectivity index (χ3v) is 0.989. The standard InChI is InChI=1S/C6H9F3O/c1-5(10)3-2-4-6(7,8)9/h2-4H2,1H3. The van der Waals surface area contributed by atoms with E-state index in [1.807, 2.05) is 0 Å². The Hall–Kier alpha value is -0.540. The van der Waals surface area contributed by atoms with Crippen LogP contribution in [0.15, 0.2) is 0 Å². The third-order valence-electron chi connectivity index (χ3n) is 0.989. The highest BCUT2D eigenvalue weighted by Crippen LogP contribution is 2.21. The van der Waals surface area contributed by atoms with Gasteiger partial charge in [0.1, 0.15) is 5.78 Å². The van der Waals surface area contributed by atoms with Crippen molar-refractivity contribution in [2.75, 3.05) is 0 Å². The average Bonchev–Trinajstić information content (AvgIpc) is 1.59. The van der Waals surface area contributed by atoms with Crippen LogP contribution in [0, 0.1) is 0 Å². The number of Topliss-reactive ketones (excluding diaryl/α,β-unsaturated/α-hetero) is 1. The molecule has 0 bridgehead atoms. The van der Waals surface area contributed by atoms with Gasteiger partial charge in [0.15, 0.2) is 0 Å². The van der Waals surface area contributed by atoms with E-state index in [4.69, 9.17) is 0 Å². The van der Waals surface area contributed by atoms with Crippen molar-refractivity contribution in [3.05, 3.63) is 0 Å². The van der Waals surface area contributed by atoms with Gasteiger partial charge in [-0.25, -0.2) is 0 Å². The van der Waals surface area contributed by atoms with Crippen molar-refractivity contribution in [3.8, 4) is 0 Å². The van der Waals surface area contributed by atoms with Crippen LogP contribution >= 0.6 is 0 Å². The number of hydrogen-bond acceptors (Lipinski definition) is 1. The summed E-state index contributed by atoms with van der Waals surface area (Å²) in [6.45, 7) is 1.29. The second-order valence-electron chi connectivity index (χ2n) is 2.17. The van der Waals surface area contributed by atoms with E-state index in [2.05, 4.69) is 0 Å². The van der Waals surface area contributed by atoms with Crippen LogP contribution in [-0.4, -0.2) is 12.0 Å². The zero-order valence-electron chi connectivity index (χ0n) is 5.66. The van der Waals surface area contributed by atoms with Gasteiger partial charge in [0.25, 0.3) is 0 Å². The Balaban J connectivity index is 3.29. The summed E-state index contributed by atoms with van der Waals surface area (Å²) in [4.78, 5) is 10.2. The zero-order valence-corrected chi connectivity index (χ0v) is 5.66. The largest absolute Gasteiger partial charge is 0.389 e. The summed E-state index contributed by atoms with van der Waals surface area (Å²) in [7, 11) is 0. The maximum atomic E-state index is 11.4. The lowest BCUT2D eigenvalue weighted by Gasteiger charge is -2.03. The fraction of sp³-hybridized carbons (Fsp3) is 0.833. The maximum Gasteiger partial charge on any atom is 0.389 e. The quantitative estimate of drug-likeness (QED) is 0.609. The Bertz CT molecular complexity index is 117. The van der Waals surface area contributed by atoms with Crippen molar-refractivity contribution in [2.45, 2.75) is 32.4 Å². The molecule has 0 rings (SSSR count). The van der Waals surface area contributed by atoms with E-state index >= 15 is 0 Å². The average molecular weight is 154 g/mol. The molecule has 0 aliphatic heterocycles. The molecule has 0 aliphatic carbocycles. The number of hydrogen-bond donors (Lipinski definition) is 0. The number of halogens is 3. The molecular weight excluding hydrogens is 145 g/mol. The van der Waals surface area contributed by atoms with Gasteiger partial charge < -0.3 is 4.79 Å². The van der Waals surface area contributed by atoms with Crippen LogP contribution in [0.25, 0.3) is 0 Å². The van der Waals surface area contributed by atoms with Crippen molar-refractivity contribution in [1.82, 2.24) is 0 Å². The lowest BCUT2D eigenvalue weighted by atomic mass is 10.2. The summed E-state index contributed by atoms with van der Waals surface area (Å²) < 4.78 is 34.2. The predicted octanol–water partition coefficient (Wildman–Crippen LogP) is 2.31. The molecule has 60 valence electrons. The summed E-state index contributed by atoms with van der Waals surface area (Å²) in [6, 6.07) is 0. The van der Waals surface area contributed by atoms with Crippen molar-refractivity contribution in [3.63, 3.8) is 0 Å². The first-order valence-corrected chi connectivity index (χ1v) is 2.98. The third kappa shape index (κ3) is 7.46. The number of rotatable bonds is 3. The molecule has 0 N–H and O–H groups in total. The predicted molar refractivity (Wildman–Crippen MR) is 30.6 cm³/mol. The van der Waals surface area contributed by atoms with E-state index in [9.17, 15) is 18.0 Å². The molecule has 0 unspecified atom stereocenters. The van der Waals surface area contributed by atoms with Gasteiger partial charge in [-0.05, 0) is 13.3 Å². The molecule has 0 aromatic carbocycles. The van der Waals surface area contributed by atoms with Gasteiger partial charge in [0, 0.05) is 12.8 Å². The SMILES string of the molecule is CC(=O)CCCC(F)(F)F. The maximum absolute atomic E-state index is 11.4. The van der Waals surface area contributed by atoms with E-state index in [1.165, 1.54) is 6.92 Å². The van der Waals surface area contributed by atoms with Crippen LogP contribution in [0.3, 0.4) is 0 Å². The first-order chi connectivity index (χ1) is 4.42. The van der Waals surface area contributed by atoms with Gasteiger partial charge in [-0.3, -0.25) is 0 Å². The van der Waals surface area contributed by atoms with Crippen molar-refractivity contribution in [2.24, 2.45) is 0 Å². The zero-order chi connectivity index (χ0) is 8.20. The normalized spacial score (nSPS) is 11.6. The van der Waals surface area contributed by atoms with E-state index in [-0.39, 0.29) is 18.6 Å². The van der Waals surface area contributed by atoms with Crippen LogP contribution in [0.2, 0.25) is 0 Å². The van der Waals surface area contributed by atoms with Crippen LogP contribution in [-0.2, 0) is 4.79 Å². The van der Waals surface area contributed by atoms with Gasteiger partial charge in [-0.1, -0.05) is 0 Å². The molecule has 4 heteroatoms. The van der Waals surface area contributed by atoms with Gasteiger partial charge >= 0.3 is 6.18 Å². The lowest BCUT2D eigenvalue weighted by Crippen LogP contribution is -2.07. The molecule has 0 aliphatic rings. The molecule has 0 saturated carbocycles. The number of carbonyl (C=O) groups excluding carboxylic acids is 1. The molecule has 0 atom stereocenters. The minimum atomic E-state index is -4.12. The highest BCUT2D eigenvalue weighted by Gasteiger charge is 2.25. The smallest absolute Gasteiger partial charge is 0.300 e. The number of alkyl halides is 3. The summed E-state index contributed by atoms with van der Waals surface area (Å²) in [5.41, 5.74) is 0. The molecule has 0 fully saturated rings. The fourth-order valence-corrected chi connectivity index (χ4v) is 0.538. The topological polar surface area (TPSA) is 17.1 Å². The van der Waals surface area contributed by atoms with E-state index in [0.29, 0.717) is 0 Å². The Morgan fingerprint density at radius 3 is 2.20 bits per heavy atom. The molecule has 0 heterocycles. The van der Waals surface area contributed by atoms with Gasteiger partial charge in [-0.2, -0.15) is 13.2 Å². The van der Waals surface area contributed by atoms with Gasteiger partial charge in [-0.15, -0.1) is 0 Å². The van der Waals surface area contributed by atoms with Gasteiger partial charge in [0.05, 0.1) is 0 Å². The summed E-state index contributed by atoms with van der Waals surface area (Å²) in [5, 5.41) is 0. The second kappa shape index (κ2) is 3.58. The second-order valence-corrected chi connectivity index (χ2v) is 2.17. The highest BCUT2D eigenvalue weighted by molar-refractivity contribution is 5.75. The molecule has 0 saturated heterocycles. The van der Waals surface area contributed by atoms with E-state index in [1.54, 1.807) is 0 Å². The Morgan fingerprint density at radius 1 is 1.40 bits per heavy atom. The summed E-state index contributed by atoms with van der Waals surface area (Å²) >= 11 is 0. The molecule has 0 radical (unpaired) electrons. The number of carbonyl (C=O) groups is 1. The van der Waals surface area contributed by atoms with Crippen molar-refractivity contribution < 1.29 is 18.0 Å². The van der Waals surface area contributed by atoms with Crippen molar-refractivity contribution in [1.29, 1.82) is 0 Å². The summed E-state index contributed by atoms with van der Waals surface area (Å²) in [5.74, 6) is -0.191. The highest BCUT2D eigenvalue weighted by atomic mass is 19.4. The first kappa shape index (κ1) is 9.46. The number of ketones is 1.